The van der Waals surface area contributed by atoms with Gasteiger partial charge < -0.3 is 9.47 Å². The predicted molar refractivity (Wildman–Crippen MR) is 60.9 cm³/mol. The lowest BCUT2D eigenvalue weighted by molar-refractivity contribution is 0.352. The van der Waals surface area contributed by atoms with E-state index in [4.69, 9.17) is 9.47 Å². The van der Waals surface area contributed by atoms with Crippen molar-refractivity contribution >= 4 is 0 Å². The van der Waals surface area contributed by atoms with E-state index in [0.29, 0.717) is 5.41 Å². The van der Waals surface area contributed by atoms with Gasteiger partial charge in [0.15, 0.2) is 11.5 Å². The van der Waals surface area contributed by atoms with Crippen LogP contribution < -0.4 is 9.47 Å². The van der Waals surface area contributed by atoms with Crippen molar-refractivity contribution in [3.63, 3.8) is 0 Å². The van der Waals surface area contributed by atoms with Gasteiger partial charge in [-0.05, 0) is 42.4 Å². The van der Waals surface area contributed by atoms with E-state index in [1.165, 1.54) is 18.4 Å². The maximum absolute atomic E-state index is 5.36. The first-order valence-electron chi connectivity index (χ1n) is 5.34. The number of benzene rings is 1. The fourth-order valence-electron chi connectivity index (χ4n) is 1.98. The van der Waals surface area contributed by atoms with E-state index in [9.17, 15) is 0 Å². The van der Waals surface area contributed by atoms with Crippen molar-refractivity contribution in [3.8, 4) is 11.5 Å². The molecule has 1 aliphatic rings. The second-order valence-electron chi connectivity index (χ2n) is 4.59. The van der Waals surface area contributed by atoms with Crippen LogP contribution in [0.5, 0.6) is 11.5 Å². The summed E-state index contributed by atoms with van der Waals surface area (Å²) < 4.78 is 10.7. The second-order valence-corrected chi connectivity index (χ2v) is 4.59. The van der Waals surface area contributed by atoms with Crippen LogP contribution in [0.4, 0.5) is 0 Å². The van der Waals surface area contributed by atoms with Crippen LogP contribution in [0.15, 0.2) is 12.1 Å². The Bertz CT molecular complexity index is 378. The van der Waals surface area contributed by atoms with Crippen molar-refractivity contribution in [1.29, 1.82) is 0 Å². The van der Waals surface area contributed by atoms with Crippen LogP contribution in [0.2, 0.25) is 0 Å². The van der Waals surface area contributed by atoms with E-state index in [-0.39, 0.29) is 0 Å². The van der Waals surface area contributed by atoms with Gasteiger partial charge in [-0.1, -0.05) is 13.0 Å². The van der Waals surface area contributed by atoms with Crippen LogP contribution in [0, 0.1) is 6.92 Å². The molecule has 15 heavy (non-hydrogen) atoms. The zero-order valence-corrected chi connectivity index (χ0v) is 9.89. The summed E-state index contributed by atoms with van der Waals surface area (Å²) in [5, 5.41) is 0. The number of methoxy groups -OCH3 is 2. The third-order valence-corrected chi connectivity index (χ3v) is 3.36. The number of ether oxygens (including phenoxy) is 2. The van der Waals surface area contributed by atoms with Gasteiger partial charge in [0.25, 0.3) is 0 Å². The fraction of sp³-hybridized carbons (Fsp3) is 0.538. The molecule has 0 heterocycles. The maximum atomic E-state index is 5.36. The molecule has 1 aliphatic carbocycles. The first-order chi connectivity index (χ1) is 7.10. The van der Waals surface area contributed by atoms with Crippen molar-refractivity contribution in [3.05, 3.63) is 23.3 Å². The van der Waals surface area contributed by atoms with E-state index in [0.717, 1.165) is 17.1 Å². The molecule has 2 rings (SSSR count). The Kier molecular flexibility index (Phi) is 2.37. The molecular weight excluding hydrogens is 188 g/mol. The highest BCUT2D eigenvalue weighted by Crippen LogP contribution is 2.49. The third kappa shape index (κ3) is 1.69. The summed E-state index contributed by atoms with van der Waals surface area (Å²) in [5.74, 6) is 1.70. The number of hydrogen-bond donors (Lipinski definition) is 0. The molecule has 0 N–H and O–H groups in total. The lowest BCUT2D eigenvalue weighted by Crippen LogP contribution is -2.02. The number of hydrogen-bond acceptors (Lipinski definition) is 2. The molecule has 0 bridgehead atoms. The molecule has 2 heteroatoms. The van der Waals surface area contributed by atoms with Gasteiger partial charge in [-0.2, -0.15) is 0 Å². The standard InChI is InChI=1S/C13H18O2/c1-9-7-10(13(2)5-6-13)8-11(14-3)12(9)15-4/h7-8H,5-6H2,1-4H3. The molecule has 1 fully saturated rings. The molecule has 0 unspecified atom stereocenters. The molecule has 0 radical (unpaired) electrons. The van der Waals surface area contributed by atoms with Gasteiger partial charge in [0, 0.05) is 0 Å². The minimum atomic E-state index is 0.379. The summed E-state index contributed by atoms with van der Waals surface area (Å²) in [4.78, 5) is 0. The molecule has 1 aromatic rings. The van der Waals surface area contributed by atoms with Crippen molar-refractivity contribution in [2.45, 2.75) is 32.1 Å². The highest BCUT2D eigenvalue weighted by atomic mass is 16.5. The highest BCUT2D eigenvalue weighted by Gasteiger charge is 2.39. The largest absolute Gasteiger partial charge is 0.493 e. The first kappa shape index (κ1) is 10.3. The molecule has 0 saturated heterocycles. The monoisotopic (exact) mass is 206 g/mol. The lowest BCUT2D eigenvalue weighted by atomic mass is 9.96. The average molecular weight is 206 g/mol. The summed E-state index contributed by atoms with van der Waals surface area (Å²) in [5.41, 5.74) is 2.90. The predicted octanol–water partition coefficient (Wildman–Crippen LogP) is 3.06. The number of rotatable bonds is 3. The van der Waals surface area contributed by atoms with Gasteiger partial charge in [0.1, 0.15) is 0 Å². The Labute approximate surface area is 91.2 Å². The SMILES string of the molecule is COc1cc(C2(C)CC2)cc(C)c1OC. The first-order valence-corrected chi connectivity index (χ1v) is 5.34. The van der Waals surface area contributed by atoms with Crippen LogP contribution >= 0.6 is 0 Å². The highest BCUT2D eigenvalue weighted by molar-refractivity contribution is 5.51. The molecule has 0 amide bonds. The minimum Gasteiger partial charge on any atom is -0.493 e. The third-order valence-electron chi connectivity index (χ3n) is 3.36. The Morgan fingerprint density at radius 2 is 1.80 bits per heavy atom. The molecule has 0 atom stereocenters. The van der Waals surface area contributed by atoms with Gasteiger partial charge >= 0.3 is 0 Å². The van der Waals surface area contributed by atoms with Gasteiger partial charge in [-0.25, -0.2) is 0 Å². The summed E-state index contributed by atoms with van der Waals surface area (Å²) in [6.07, 6.45) is 2.56. The maximum Gasteiger partial charge on any atom is 0.163 e. The normalized spacial score (nSPS) is 17.3. The zero-order valence-electron chi connectivity index (χ0n) is 9.89. The van der Waals surface area contributed by atoms with E-state index >= 15 is 0 Å². The van der Waals surface area contributed by atoms with Crippen LogP contribution in [-0.2, 0) is 5.41 Å². The molecule has 82 valence electrons. The van der Waals surface area contributed by atoms with Gasteiger partial charge in [-0.15, -0.1) is 0 Å². The molecule has 0 aromatic heterocycles. The molecule has 1 aromatic carbocycles. The van der Waals surface area contributed by atoms with Crippen molar-refractivity contribution in [2.24, 2.45) is 0 Å². The van der Waals surface area contributed by atoms with Crippen LogP contribution in [0.1, 0.15) is 30.9 Å². The summed E-state index contributed by atoms with van der Waals surface area (Å²) in [7, 11) is 3.37. The lowest BCUT2D eigenvalue weighted by Gasteiger charge is -2.16. The van der Waals surface area contributed by atoms with E-state index in [1.54, 1.807) is 14.2 Å². The van der Waals surface area contributed by atoms with Crippen molar-refractivity contribution in [2.75, 3.05) is 14.2 Å². The van der Waals surface area contributed by atoms with Gasteiger partial charge in [-0.3, -0.25) is 0 Å². The van der Waals surface area contributed by atoms with E-state index in [2.05, 4.69) is 26.0 Å². The Morgan fingerprint density at radius 1 is 1.13 bits per heavy atom. The second kappa shape index (κ2) is 3.44. The van der Waals surface area contributed by atoms with Crippen LogP contribution in [0.25, 0.3) is 0 Å². The summed E-state index contributed by atoms with van der Waals surface area (Å²) >= 11 is 0. The number of aryl methyl sites for hydroxylation is 1. The van der Waals surface area contributed by atoms with E-state index in [1.807, 2.05) is 0 Å². The summed E-state index contributed by atoms with van der Waals surface area (Å²) in [6, 6.07) is 4.33. The average Bonchev–Trinajstić information content (AvgIpc) is 2.96. The molecule has 1 saturated carbocycles. The minimum absolute atomic E-state index is 0.379. The molecule has 0 spiro atoms. The fourth-order valence-corrected chi connectivity index (χ4v) is 1.98. The zero-order chi connectivity index (χ0) is 11.1. The molecule has 0 aliphatic heterocycles. The quantitative estimate of drug-likeness (QED) is 0.756. The van der Waals surface area contributed by atoms with Crippen molar-refractivity contribution < 1.29 is 9.47 Å². The van der Waals surface area contributed by atoms with Gasteiger partial charge in [0.05, 0.1) is 14.2 Å². The summed E-state index contributed by atoms with van der Waals surface area (Å²) in [6.45, 7) is 4.37. The van der Waals surface area contributed by atoms with E-state index < -0.39 is 0 Å². The van der Waals surface area contributed by atoms with Gasteiger partial charge in [0.2, 0.25) is 0 Å². The van der Waals surface area contributed by atoms with Crippen molar-refractivity contribution in [1.82, 2.24) is 0 Å². The van der Waals surface area contributed by atoms with Crippen LogP contribution in [0.3, 0.4) is 0 Å². The Hall–Kier alpha value is -1.18. The Balaban J connectivity index is 2.48. The molecular formula is C13H18O2. The topological polar surface area (TPSA) is 18.5 Å². The Morgan fingerprint density at radius 3 is 2.27 bits per heavy atom. The smallest absolute Gasteiger partial charge is 0.163 e. The van der Waals surface area contributed by atoms with Crippen LogP contribution in [-0.4, -0.2) is 14.2 Å². The molecule has 2 nitrogen and oxygen atoms in total.